The highest BCUT2D eigenvalue weighted by Gasteiger charge is 2.23. The Hall–Kier alpha value is -2.97. The lowest BCUT2D eigenvalue weighted by Crippen LogP contribution is -2.35. The summed E-state index contributed by atoms with van der Waals surface area (Å²) < 4.78 is 10.3. The minimum absolute atomic E-state index is 0.0861. The number of aryl methyl sites for hydroxylation is 1. The molecular weight excluding hydrogens is 398 g/mol. The maximum Gasteiger partial charge on any atom is 0.339 e. The lowest BCUT2D eigenvalue weighted by molar-refractivity contribution is -0.131. The van der Waals surface area contributed by atoms with Crippen molar-refractivity contribution in [3.05, 3.63) is 35.6 Å². The minimum atomic E-state index is -0.370. The van der Waals surface area contributed by atoms with Gasteiger partial charge in [0.05, 0.1) is 12.2 Å². The Kier molecular flexibility index (Phi) is 7.25. The highest BCUT2D eigenvalue weighted by atomic mass is 16.5. The van der Waals surface area contributed by atoms with E-state index in [4.69, 9.17) is 9.26 Å². The second kappa shape index (κ2) is 9.89. The summed E-state index contributed by atoms with van der Waals surface area (Å²) >= 11 is 0. The molecule has 3 heterocycles. The van der Waals surface area contributed by atoms with Gasteiger partial charge in [0, 0.05) is 50.6 Å². The van der Waals surface area contributed by atoms with Crippen LogP contribution in [0.25, 0.3) is 0 Å². The van der Waals surface area contributed by atoms with Crippen molar-refractivity contribution in [3.63, 3.8) is 0 Å². The average Bonchev–Trinajstić information content (AvgIpc) is 3.10. The first kappa shape index (κ1) is 22.7. The van der Waals surface area contributed by atoms with E-state index in [-0.39, 0.29) is 17.3 Å². The van der Waals surface area contributed by atoms with Crippen LogP contribution in [0.15, 0.2) is 22.9 Å². The zero-order valence-corrected chi connectivity index (χ0v) is 18.8. The Labute approximate surface area is 182 Å². The van der Waals surface area contributed by atoms with E-state index in [9.17, 15) is 9.59 Å². The molecule has 31 heavy (non-hydrogen) atoms. The summed E-state index contributed by atoms with van der Waals surface area (Å²) in [5, 5.41) is 4.01. The van der Waals surface area contributed by atoms with Crippen LogP contribution in [-0.4, -0.2) is 64.7 Å². The van der Waals surface area contributed by atoms with Gasteiger partial charge in [0.15, 0.2) is 5.82 Å². The molecule has 1 saturated heterocycles. The molecular formula is C22H31N5O4. The van der Waals surface area contributed by atoms with Crippen molar-refractivity contribution < 1.29 is 18.8 Å². The summed E-state index contributed by atoms with van der Waals surface area (Å²) in [6.45, 7) is 11.0. The molecule has 0 spiro atoms. The molecule has 0 N–H and O–H groups in total. The number of carbonyl (C=O) groups excluding carboxylic acids is 2. The van der Waals surface area contributed by atoms with Crippen LogP contribution in [0.1, 0.15) is 62.6 Å². The molecule has 0 radical (unpaired) electrons. The van der Waals surface area contributed by atoms with Gasteiger partial charge in [0.2, 0.25) is 11.8 Å². The van der Waals surface area contributed by atoms with Gasteiger partial charge in [-0.1, -0.05) is 25.9 Å². The first-order valence-corrected chi connectivity index (χ1v) is 10.8. The van der Waals surface area contributed by atoms with Crippen LogP contribution in [0.3, 0.4) is 0 Å². The van der Waals surface area contributed by atoms with E-state index >= 15 is 0 Å². The van der Waals surface area contributed by atoms with E-state index in [1.165, 1.54) is 6.20 Å². The first-order valence-electron chi connectivity index (χ1n) is 10.8. The standard InChI is InChI=1S/C22H31N5O4/c1-5-30-20(29)16-7-8-17(23-15-16)26-11-6-12-27(14-13-26)19(28)10-9-18-24-21(25-31-18)22(2,3)4/h7-8,15H,5-6,9-14H2,1-4H3. The van der Waals surface area contributed by atoms with E-state index in [0.717, 1.165) is 18.8 Å². The predicted molar refractivity (Wildman–Crippen MR) is 115 cm³/mol. The molecule has 9 heteroatoms. The summed E-state index contributed by atoms with van der Waals surface area (Å²) in [5.74, 6) is 1.67. The monoisotopic (exact) mass is 429 g/mol. The van der Waals surface area contributed by atoms with Crippen LogP contribution in [0, 0.1) is 0 Å². The Bertz CT molecular complexity index is 888. The Morgan fingerprint density at radius 2 is 1.97 bits per heavy atom. The fourth-order valence-corrected chi connectivity index (χ4v) is 3.34. The first-order chi connectivity index (χ1) is 14.8. The summed E-state index contributed by atoms with van der Waals surface area (Å²) in [6.07, 6.45) is 3.18. The minimum Gasteiger partial charge on any atom is -0.462 e. The number of anilines is 1. The third kappa shape index (κ3) is 6.02. The molecule has 0 unspecified atom stereocenters. The molecule has 2 aromatic rings. The zero-order valence-electron chi connectivity index (χ0n) is 18.8. The largest absolute Gasteiger partial charge is 0.462 e. The van der Waals surface area contributed by atoms with E-state index < -0.39 is 0 Å². The van der Waals surface area contributed by atoms with Crippen LogP contribution in [0.2, 0.25) is 0 Å². The molecule has 0 aromatic carbocycles. The van der Waals surface area contributed by atoms with E-state index in [0.29, 0.717) is 56.4 Å². The number of hydrogen-bond acceptors (Lipinski definition) is 8. The molecule has 2 aromatic heterocycles. The molecule has 168 valence electrons. The van der Waals surface area contributed by atoms with Gasteiger partial charge in [0.1, 0.15) is 5.82 Å². The van der Waals surface area contributed by atoms with Crippen molar-refractivity contribution in [3.8, 4) is 0 Å². The lowest BCUT2D eigenvalue weighted by Gasteiger charge is -2.23. The van der Waals surface area contributed by atoms with Crippen LogP contribution in [0.5, 0.6) is 0 Å². The van der Waals surface area contributed by atoms with E-state index in [2.05, 4.69) is 20.0 Å². The number of hydrogen-bond donors (Lipinski definition) is 0. The van der Waals surface area contributed by atoms with Gasteiger partial charge < -0.3 is 19.1 Å². The second-order valence-electron chi connectivity index (χ2n) is 8.61. The van der Waals surface area contributed by atoms with Gasteiger partial charge >= 0.3 is 5.97 Å². The number of rotatable bonds is 6. The Morgan fingerprint density at radius 3 is 2.61 bits per heavy atom. The van der Waals surface area contributed by atoms with Gasteiger partial charge in [-0.3, -0.25) is 4.79 Å². The third-order valence-electron chi connectivity index (χ3n) is 5.12. The van der Waals surface area contributed by atoms with Gasteiger partial charge in [-0.25, -0.2) is 9.78 Å². The number of esters is 1. The summed E-state index contributed by atoms with van der Waals surface area (Å²) in [6, 6.07) is 3.55. The Morgan fingerprint density at radius 1 is 1.16 bits per heavy atom. The number of amides is 1. The molecule has 1 amide bonds. The van der Waals surface area contributed by atoms with Crippen LogP contribution in [-0.2, 0) is 21.4 Å². The molecule has 0 saturated carbocycles. The number of carbonyl (C=O) groups is 2. The SMILES string of the molecule is CCOC(=O)c1ccc(N2CCCN(C(=O)CCc3nc(C(C)(C)C)no3)CC2)nc1. The number of nitrogens with zero attached hydrogens (tertiary/aromatic N) is 5. The van der Waals surface area contributed by atoms with Crippen LogP contribution in [0.4, 0.5) is 5.82 Å². The van der Waals surface area contributed by atoms with Crippen molar-refractivity contribution in [2.45, 2.75) is 52.4 Å². The summed E-state index contributed by atoms with van der Waals surface area (Å²) in [5.41, 5.74) is 0.260. The second-order valence-corrected chi connectivity index (χ2v) is 8.61. The van der Waals surface area contributed by atoms with Crippen molar-refractivity contribution in [2.24, 2.45) is 0 Å². The quantitative estimate of drug-likeness (QED) is 0.646. The third-order valence-corrected chi connectivity index (χ3v) is 5.12. The summed E-state index contributed by atoms with van der Waals surface area (Å²) in [4.78, 5) is 37.3. The molecule has 0 atom stereocenters. The van der Waals surface area contributed by atoms with Crippen LogP contribution < -0.4 is 4.90 Å². The van der Waals surface area contributed by atoms with Crippen LogP contribution >= 0.6 is 0 Å². The highest BCUT2D eigenvalue weighted by Crippen LogP contribution is 2.19. The number of aromatic nitrogens is 3. The van der Waals surface area contributed by atoms with Gasteiger partial charge in [-0.15, -0.1) is 0 Å². The topological polar surface area (TPSA) is 102 Å². The van der Waals surface area contributed by atoms with Crippen molar-refractivity contribution in [1.29, 1.82) is 0 Å². The molecule has 0 aliphatic carbocycles. The fraction of sp³-hybridized carbons (Fsp3) is 0.591. The van der Waals surface area contributed by atoms with Crippen molar-refractivity contribution >= 4 is 17.7 Å². The Balaban J connectivity index is 1.51. The number of ether oxygens (including phenoxy) is 1. The summed E-state index contributed by atoms with van der Waals surface area (Å²) in [7, 11) is 0. The van der Waals surface area contributed by atoms with Crippen molar-refractivity contribution in [1.82, 2.24) is 20.0 Å². The fourth-order valence-electron chi connectivity index (χ4n) is 3.34. The molecule has 3 rings (SSSR count). The predicted octanol–water partition coefficient (Wildman–Crippen LogP) is 2.61. The molecule has 9 nitrogen and oxygen atoms in total. The maximum atomic E-state index is 12.7. The lowest BCUT2D eigenvalue weighted by atomic mass is 9.96. The van der Waals surface area contributed by atoms with E-state index in [1.807, 2.05) is 31.7 Å². The molecule has 1 fully saturated rings. The highest BCUT2D eigenvalue weighted by molar-refractivity contribution is 5.89. The van der Waals surface area contributed by atoms with Gasteiger partial charge in [-0.2, -0.15) is 4.98 Å². The average molecular weight is 430 g/mol. The van der Waals surface area contributed by atoms with Gasteiger partial charge in [-0.05, 0) is 25.5 Å². The smallest absolute Gasteiger partial charge is 0.339 e. The molecule has 1 aliphatic rings. The van der Waals surface area contributed by atoms with Crippen molar-refractivity contribution in [2.75, 3.05) is 37.7 Å². The maximum absolute atomic E-state index is 12.7. The van der Waals surface area contributed by atoms with E-state index in [1.54, 1.807) is 13.0 Å². The van der Waals surface area contributed by atoms with Gasteiger partial charge in [0.25, 0.3) is 0 Å². The normalized spacial score (nSPS) is 15.0. The number of pyridine rings is 1. The molecule has 1 aliphatic heterocycles. The zero-order chi connectivity index (χ0) is 22.4. The molecule has 0 bridgehead atoms.